The highest BCUT2D eigenvalue weighted by molar-refractivity contribution is 5.95. The third-order valence-electron chi connectivity index (χ3n) is 8.27. The van der Waals surface area contributed by atoms with Gasteiger partial charge in [0.2, 0.25) is 0 Å². The van der Waals surface area contributed by atoms with Crippen LogP contribution in [0.5, 0.6) is 11.5 Å². The van der Waals surface area contributed by atoms with E-state index in [2.05, 4.69) is 57.2 Å². The van der Waals surface area contributed by atoms with Gasteiger partial charge in [-0.1, -0.05) is 91.0 Å². The number of tetrazole rings is 1. The van der Waals surface area contributed by atoms with E-state index in [0.29, 0.717) is 48.8 Å². The topological polar surface area (TPSA) is 132 Å². The zero-order valence-corrected chi connectivity index (χ0v) is 25.3. The van der Waals surface area contributed by atoms with Gasteiger partial charge in [-0.3, -0.25) is 4.79 Å². The number of nitrogens with zero attached hydrogens (tertiary/aromatic N) is 5. The minimum atomic E-state index is -0.945. The van der Waals surface area contributed by atoms with E-state index >= 15 is 0 Å². The van der Waals surface area contributed by atoms with Crippen LogP contribution in [-0.2, 0) is 12.1 Å². The molecule has 0 unspecified atom stereocenters. The number of piperidine rings is 1. The van der Waals surface area contributed by atoms with Gasteiger partial charge >= 0.3 is 6.09 Å². The van der Waals surface area contributed by atoms with E-state index in [1.165, 1.54) is 12.0 Å². The molecule has 0 radical (unpaired) electrons. The lowest BCUT2D eigenvalue weighted by Gasteiger charge is -2.36. The summed E-state index contributed by atoms with van der Waals surface area (Å²) in [5.41, 5.74) is 2.35. The minimum Gasteiger partial charge on any atom is -0.497 e. The molecule has 1 fully saturated rings. The van der Waals surface area contributed by atoms with Gasteiger partial charge < -0.3 is 24.8 Å². The number of rotatable bonds is 10. The van der Waals surface area contributed by atoms with Gasteiger partial charge in [-0.05, 0) is 52.1 Å². The Morgan fingerprint density at radius 3 is 1.91 bits per heavy atom. The van der Waals surface area contributed by atoms with Crippen molar-refractivity contribution in [3.63, 3.8) is 0 Å². The SMILES string of the molecule is COc1cc(OCc2nnnn2C(c2ccccc2)(c2ccccc2)c2ccccc2)cc(C(=O)NC2CCN(C(=O)O)CC2)c1. The molecule has 46 heavy (non-hydrogen) atoms. The van der Waals surface area contributed by atoms with E-state index in [9.17, 15) is 14.7 Å². The number of hydrogen-bond acceptors (Lipinski definition) is 7. The molecule has 0 atom stereocenters. The maximum absolute atomic E-state index is 13.2. The van der Waals surface area contributed by atoms with E-state index < -0.39 is 11.6 Å². The van der Waals surface area contributed by atoms with Gasteiger partial charge in [-0.25, -0.2) is 9.48 Å². The average Bonchev–Trinajstić information content (AvgIpc) is 3.58. The summed E-state index contributed by atoms with van der Waals surface area (Å²) in [6.45, 7) is 0.749. The number of carbonyl (C=O) groups excluding carboxylic acids is 1. The summed E-state index contributed by atoms with van der Waals surface area (Å²) in [7, 11) is 1.52. The van der Waals surface area contributed by atoms with Crippen LogP contribution < -0.4 is 14.8 Å². The van der Waals surface area contributed by atoms with Gasteiger partial charge in [0.15, 0.2) is 5.82 Å². The smallest absolute Gasteiger partial charge is 0.407 e. The van der Waals surface area contributed by atoms with Crippen LogP contribution in [0.25, 0.3) is 0 Å². The summed E-state index contributed by atoms with van der Waals surface area (Å²) >= 11 is 0. The Labute approximate surface area is 266 Å². The molecule has 4 aromatic carbocycles. The van der Waals surface area contributed by atoms with Crippen LogP contribution in [0.3, 0.4) is 0 Å². The largest absolute Gasteiger partial charge is 0.497 e. The molecule has 2 N–H and O–H groups in total. The van der Waals surface area contributed by atoms with Crippen LogP contribution in [0.4, 0.5) is 4.79 Å². The highest BCUT2D eigenvalue weighted by atomic mass is 16.5. The second-order valence-corrected chi connectivity index (χ2v) is 11.0. The lowest BCUT2D eigenvalue weighted by molar-refractivity contribution is 0.0906. The van der Waals surface area contributed by atoms with Crippen molar-refractivity contribution in [2.24, 2.45) is 0 Å². The number of hydrogen-bond donors (Lipinski definition) is 2. The first-order valence-electron chi connectivity index (χ1n) is 15.0. The Bertz CT molecular complexity index is 1680. The van der Waals surface area contributed by atoms with Gasteiger partial charge in [0.1, 0.15) is 23.6 Å². The fourth-order valence-electron chi connectivity index (χ4n) is 6.00. The number of aromatic nitrogens is 4. The van der Waals surface area contributed by atoms with Crippen molar-refractivity contribution in [3.8, 4) is 11.5 Å². The van der Waals surface area contributed by atoms with Crippen molar-refractivity contribution >= 4 is 12.0 Å². The molecule has 2 amide bonds. The summed E-state index contributed by atoms with van der Waals surface area (Å²) in [6.07, 6.45) is 0.138. The Morgan fingerprint density at radius 2 is 1.39 bits per heavy atom. The van der Waals surface area contributed by atoms with Crippen LogP contribution in [0.1, 0.15) is 45.7 Å². The summed E-state index contributed by atoms with van der Waals surface area (Å²) in [6, 6.07) is 35.1. The summed E-state index contributed by atoms with van der Waals surface area (Å²) in [5, 5.41) is 25.3. The predicted molar refractivity (Wildman–Crippen MR) is 170 cm³/mol. The summed E-state index contributed by atoms with van der Waals surface area (Å²) in [4.78, 5) is 25.9. The Morgan fingerprint density at radius 1 is 0.848 bits per heavy atom. The molecule has 0 saturated carbocycles. The molecule has 234 valence electrons. The quantitative estimate of drug-likeness (QED) is 0.210. The third kappa shape index (κ3) is 6.12. The molecule has 5 aromatic rings. The van der Waals surface area contributed by atoms with E-state index in [0.717, 1.165) is 16.7 Å². The van der Waals surface area contributed by atoms with Crippen molar-refractivity contribution in [1.29, 1.82) is 0 Å². The van der Waals surface area contributed by atoms with E-state index in [4.69, 9.17) is 9.47 Å². The molecule has 0 bridgehead atoms. The molecular weight excluding hydrogens is 584 g/mol. The Hall–Kier alpha value is -5.71. The molecule has 0 spiro atoms. The van der Waals surface area contributed by atoms with Crippen molar-refractivity contribution in [1.82, 2.24) is 30.4 Å². The van der Waals surface area contributed by atoms with Crippen LogP contribution in [0, 0.1) is 0 Å². The Kier molecular flexibility index (Phi) is 8.91. The van der Waals surface area contributed by atoms with E-state index in [-0.39, 0.29) is 18.6 Å². The second-order valence-electron chi connectivity index (χ2n) is 11.0. The Balaban J connectivity index is 1.31. The molecule has 6 rings (SSSR count). The second kappa shape index (κ2) is 13.5. The normalized spacial score (nSPS) is 13.6. The van der Waals surface area contributed by atoms with Crippen molar-refractivity contribution in [2.45, 2.75) is 31.0 Å². The number of methoxy groups -OCH3 is 1. The number of carbonyl (C=O) groups is 2. The highest BCUT2D eigenvalue weighted by Gasteiger charge is 2.41. The molecule has 1 saturated heterocycles. The molecule has 0 aliphatic carbocycles. The van der Waals surface area contributed by atoms with Crippen molar-refractivity contribution in [2.75, 3.05) is 20.2 Å². The van der Waals surface area contributed by atoms with Crippen LogP contribution in [-0.4, -0.2) is 68.5 Å². The number of amides is 2. The van der Waals surface area contributed by atoms with Crippen molar-refractivity contribution in [3.05, 3.63) is 137 Å². The average molecular weight is 619 g/mol. The molecule has 1 aliphatic heterocycles. The minimum absolute atomic E-state index is 0.00310. The molecule has 1 aliphatic rings. The van der Waals surface area contributed by atoms with E-state index in [1.54, 1.807) is 22.9 Å². The fourth-order valence-corrected chi connectivity index (χ4v) is 6.00. The van der Waals surface area contributed by atoms with Crippen LogP contribution in [0.2, 0.25) is 0 Å². The van der Waals surface area contributed by atoms with Crippen LogP contribution in [0.15, 0.2) is 109 Å². The standard InChI is InChI=1S/C35H34N6O5/c1-45-30-21-25(33(42)36-29-17-19-40(20-18-29)34(43)44)22-31(23-30)46-24-32-37-38-39-41(32)35(26-11-5-2-6-12-26,27-13-7-3-8-14-27)28-15-9-4-10-16-28/h2-16,21-23,29H,17-20,24H2,1H3,(H,36,42)(H,43,44). The number of nitrogens with one attached hydrogen (secondary N) is 1. The van der Waals surface area contributed by atoms with Gasteiger partial charge in [0.05, 0.1) is 7.11 Å². The first kappa shape index (κ1) is 30.3. The number of benzene rings is 4. The first-order chi connectivity index (χ1) is 22.5. The fraction of sp³-hybridized carbons (Fsp3) is 0.229. The lowest BCUT2D eigenvalue weighted by Crippen LogP contribution is -2.46. The van der Waals surface area contributed by atoms with Gasteiger partial charge in [-0.2, -0.15) is 0 Å². The first-order valence-corrected chi connectivity index (χ1v) is 15.0. The van der Waals surface area contributed by atoms with Crippen molar-refractivity contribution < 1.29 is 24.2 Å². The predicted octanol–water partition coefficient (Wildman–Crippen LogP) is 4.97. The molecule has 1 aromatic heterocycles. The van der Waals surface area contributed by atoms with E-state index in [1.807, 2.05) is 54.6 Å². The molecule has 11 heteroatoms. The number of carboxylic acid groups (broad SMARTS) is 1. The third-order valence-corrected chi connectivity index (χ3v) is 8.27. The maximum atomic E-state index is 13.2. The number of likely N-dealkylation sites (tertiary alicyclic amines) is 1. The molecule has 2 heterocycles. The van der Waals surface area contributed by atoms with Crippen LogP contribution >= 0.6 is 0 Å². The molecule has 11 nitrogen and oxygen atoms in total. The lowest BCUT2D eigenvalue weighted by atomic mass is 9.77. The van der Waals surface area contributed by atoms with Gasteiger partial charge in [-0.15, -0.1) is 5.10 Å². The van der Waals surface area contributed by atoms with Gasteiger partial charge in [0.25, 0.3) is 5.91 Å². The number of ether oxygens (including phenoxy) is 2. The maximum Gasteiger partial charge on any atom is 0.407 e. The van der Waals surface area contributed by atoms with Gasteiger partial charge in [0, 0.05) is 30.8 Å². The summed E-state index contributed by atoms with van der Waals surface area (Å²) < 4.78 is 13.5. The highest BCUT2D eigenvalue weighted by Crippen LogP contribution is 2.40. The zero-order valence-electron chi connectivity index (χ0n) is 25.3. The summed E-state index contributed by atoms with van der Waals surface area (Å²) in [5.74, 6) is 1.04. The monoisotopic (exact) mass is 618 g/mol. The zero-order chi connectivity index (χ0) is 31.9. The molecular formula is C35H34N6O5.